The summed E-state index contributed by atoms with van der Waals surface area (Å²) in [5.41, 5.74) is 0.897. The zero-order valence-corrected chi connectivity index (χ0v) is 16.4. The third kappa shape index (κ3) is 4.68. The predicted octanol–water partition coefficient (Wildman–Crippen LogP) is 2.89. The lowest BCUT2D eigenvalue weighted by molar-refractivity contribution is -0.130. The maximum atomic E-state index is 13.0. The zero-order valence-electron chi connectivity index (χ0n) is 15.6. The third-order valence-electron chi connectivity index (χ3n) is 4.57. The van der Waals surface area contributed by atoms with Crippen LogP contribution in [0.15, 0.2) is 40.0 Å². The fraction of sp³-hybridized carbons (Fsp3) is 0.474. The van der Waals surface area contributed by atoms with Gasteiger partial charge in [0.25, 0.3) is 5.22 Å². The highest BCUT2D eigenvalue weighted by Crippen LogP contribution is 2.36. The minimum Gasteiger partial charge on any atom is -0.414 e. The van der Waals surface area contributed by atoms with Gasteiger partial charge in [-0.2, -0.15) is 0 Å². The quantitative estimate of drug-likeness (QED) is 0.647. The highest BCUT2D eigenvalue weighted by Gasteiger charge is 2.28. The maximum absolute atomic E-state index is 13.0. The number of aromatic nitrogens is 2. The van der Waals surface area contributed by atoms with E-state index >= 15 is 0 Å². The summed E-state index contributed by atoms with van der Waals surface area (Å²) in [6.07, 6.45) is 1.44. The molecule has 0 N–H and O–H groups in total. The van der Waals surface area contributed by atoms with Gasteiger partial charge in [0.05, 0.1) is 6.54 Å². The van der Waals surface area contributed by atoms with Gasteiger partial charge in [0.2, 0.25) is 17.7 Å². The number of nitrogens with zero attached hydrogens (tertiary/aromatic N) is 4. The SMILES string of the molecule is CCN(CC)C(=O)C(Sc1nnc(CN2CCCC2=O)o1)c1ccccc1. The molecule has 1 aromatic heterocycles. The van der Waals surface area contributed by atoms with Crippen molar-refractivity contribution in [3.8, 4) is 0 Å². The molecule has 3 rings (SSSR count). The Balaban J connectivity index is 1.76. The summed E-state index contributed by atoms with van der Waals surface area (Å²) < 4.78 is 5.72. The minimum absolute atomic E-state index is 0.0191. The van der Waals surface area contributed by atoms with Crippen LogP contribution in [-0.2, 0) is 16.1 Å². The molecule has 0 bridgehead atoms. The molecular weight excluding hydrogens is 364 g/mol. The molecule has 144 valence electrons. The first-order chi connectivity index (χ1) is 13.1. The monoisotopic (exact) mass is 388 g/mol. The number of carbonyl (C=O) groups is 2. The molecule has 1 aromatic carbocycles. The fourth-order valence-electron chi connectivity index (χ4n) is 3.07. The van der Waals surface area contributed by atoms with Gasteiger partial charge in [0.15, 0.2) is 0 Å². The van der Waals surface area contributed by atoms with Crippen molar-refractivity contribution in [2.75, 3.05) is 19.6 Å². The van der Waals surface area contributed by atoms with Crippen LogP contribution in [0.3, 0.4) is 0 Å². The average molecular weight is 388 g/mol. The molecule has 0 aliphatic carbocycles. The van der Waals surface area contributed by atoms with Crippen molar-refractivity contribution < 1.29 is 14.0 Å². The van der Waals surface area contributed by atoms with Crippen LogP contribution in [0.4, 0.5) is 0 Å². The number of likely N-dealkylation sites (N-methyl/N-ethyl adjacent to an activating group) is 1. The molecule has 0 radical (unpaired) electrons. The Bertz CT molecular complexity index is 776. The Morgan fingerprint density at radius 2 is 2.00 bits per heavy atom. The van der Waals surface area contributed by atoms with Crippen LogP contribution in [0.25, 0.3) is 0 Å². The molecule has 1 aliphatic heterocycles. The minimum atomic E-state index is -0.451. The highest BCUT2D eigenvalue weighted by molar-refractivity contribution is 8.00. The first-order valence-corrected chi connectivity index (χ1v) is 10.1. The molecule has 1 saturated heterocycles. The molecule has 1 aliphatic rings. The van der Waals surface area contributed by atoms with Crippen LogP contribution in [-0.4, -0.2) is 51.4 Å². The predicted molar refractivity (Wildman–Crippen MR) is 102 cm³/mol. The number of amides is 2. The second-order valence-electron chi connectivity index (χ2n) is 6.30. The van der Waals surface area contributed by atoms with E-state index in [-0.39, 0.29) is 11.8 Å². The van der Waals surface area contributed by atoms with E-state index in [9.17, 15) is 9.59 Å². The second-order valence-corrected chi connectivity index (χ2v) is 7.36. The van der Waals surface area contributed by atoms with Crippen LogP contribution in [0.2, 0.25) is 0 Å². The van der Waals surface area contributed by atoms with Gasteiger partial charge in [-0.05, 0) is 37.6 Å². The van der Waals surface area contributed by atoms with E-state index in [0.29, 0.717) is 37.2 Å². The summed E-state index contributed by atoms with van der Waals surface area (Å²) in [6, 6.07) is 9.61. The summed E-state index contributed by atoms with van der Waals surface area (Å²) in [4.78, 5) is 28.3. The van der Waals surface area contributed by atoms with Crippen LogP contribution >= 0.6 is 11.8 Å². The lowest BCUT2D eigenvalue weighted by atomic mass is 10.1. The van der Waals surface area contributed by atoms with E-state index in [1.54, 1.807) is 9.80 Å². The van der Waals surface area contributed by atoms with Crippen molar-refractivity contribution in [2.45, 2.75) is 43.7 Å². The Morgan fingerprint density at radius 1 is 1.26 bits per heavy atom. The molecule has 1 fully saturated rings. The zero-order chi connectivity index (χ0) is 19.2. The first kappa shape index (κ1) is 19.4. The van der Waals surface area contributed by atoms with E-state index in [1.165, 1.54) is 11.8 Å². The molecule has 2 heterocycles. The normalized spacial score (nSPS) is 15.2. The Labute approximate surface area is 163 Å². The summed E-state index contributed by atoms with van der Waals surface area (Å²) in [5, 5.41) is 8.02. The maximum Gasteiger partial charge on any atom is 0.277 e. The van der Waals surface area contributed by atoms with E-state index < -0.39 is 5.25 Å². The van der Waals surface area contributed by atoms with Crippen molar-refractivity contribution in [1.82, 2.24) is 20.0 Å². The van der Waals surface area contributed by atoms with Gasteiger partial charge in [-0.25, -0.2) is 0 Å². The van der Waals surface area contributed by atoms with Gasteiger partial charge in [-0.3, -0.25) is 9.59 Å². The van der Waals surface area contributed by atoms with Gasteiger partial charge in [0, 0.05) is 26.1 Å². The molecule has 0 spiro atoms. The average Bonchev–Trinajstić information content (AvgIpc) is 3.30. The highest BCUT2D eigenvalue weighted by atomic mass is 32.2. The molecule has 1 atom stereocenters. The number of hydrogen-bond donors (Lipinski definition) is 0. The lowest BCUT2D eigenvalue weighted by Crippen LogP contribution is -2.33. The largest absolute Gasteiger partial charge is 0.414 e. The molecule has 2 amide bonds. The van der Waals surface area contributed by atoms with Crippen molar-refractivity contribution in [3.63, 3.8) is 0 Å². The van der Waals surface area contributed by atoms with Gasteiger partial charge in [0.1, 0.15) is 5.25 Å². The first-order valence-electron chi connectivity index (χ1n) is 9.23. The molecule has 2 aromatic rings. The fourth-order valence-corrected chi connectivity index (χ4v) is 4.05. The summed E-state index contributed by atoms with van der Waals surface area (Å²) >= 11 is 1.25. The van der Waals surface area contributed by atoms with Crippen LogP contribution < -0.4 is 0 Å². The van der Waals surface area contributed by atoms with Crippen LogP contribution in [0, 0.1) is 0 Å². The summed E-state index contributed by atoms with van der Waals surface area (Å²) in [7, 11) is 0. The number of rotatable bonds is 8. The van der Waals surface area contributed by atoms with Crippen LogP contribution in [0.1, 0.15) is 43.4 Å². The van der Waals surface area contributed by atoms with E-state index in [2.05, 4.69) is 10.2 Å². The number of carbonyl (C=O) groups excluding carboxylic acids is 2. The standard InChI is InChI=1S/C19H24N4O3S/c1-3-22(4-2)18(25)17(14-9-6-5-7-10-14)27-19-21-20-15(26-19)13-23-12-8-11-16(23)24/h5-7,9-10,17H,3-4,8,11-13H2,1-2H3. The number of hydrogen-bond acceptors (Lipinski definition) is 6. The van der Waals surface area contributed by atoms with E-state index in [4.69, 9.17) is 4.42 Å². The van der Waals surface area contributed by atoms with Crippen molar-refractivity contribution >= 4 is 23.6 Å². The molecule has 7 nitrogen and oxygen atoms in total. The second kappa shape index (κ2) is 9.03. The number of thioether (sulfide) groups is 1. The van der Waals surface area contributed by atoms with Crippen LogP contribution in [0.5, 0.6) is 0 Å². The third-order valence-corrected chi connectivity index (χ3v) is 5.64. The molecule has 27 heavy (non-hydrogen) atoms. The van der Waals surface area contributed by atoms with Gasteiger partial charge < -0.3 is 14.2 Å². The summed E-state index contributed by atoms with van der Waals surface area (Å²) in [6.45, 7) is 6.26. The Hall–Kier alpha value is -2.35. The van der Waals surface area contributed by atoms with Gasteiger partial charge in [-0.15, -0.1) is 10.2 Å². The van der Waals surface area contributed by atoms with E-state index in [1.807, 2.05) is 44.2 Å². The van der Waals surface area contributed by atoms with Crippen molar-refractivity contribution in [3.05, 3.63) is 41.8 Å². The lowest BCUT2D eigenvalue weighted by Gasteiger charge is -2.24. The smallest absolute Gasteiger partial charge is 0.277 e. The van der Waals surface area contributed by atoms with Gasteiger partial charge >= 0.3 is 0 Å². The Morgan fingerprint density at radius 3 is 2.63 bits per heavy atom. The van der Waals surface area contributed by atoms with Crippen molar-refractivity contribution in [1.29, 1.82) is 0 Å². The van der Waals surface area contributed by atoms with Gasteiger partial charge in [-0.1, -0.05) is 30.3 Å². The molecule has 1 unspecified atom stereocenters. The molecule has 8 heteroatoms. The topological polar surface area (TPSA) is 79.5 Å². The molecule has 0 saturated carbocycles. The Kier molecular flexibility index (Phi) is 6.49. The van der Waals surface area contributed by atoms with Crippen molar-refractivity contribution in [2.24, 2.45) is 0 Å². The number of benzene rings is 1. The summed E-state index contributed by atoms with van der Waals surface area (Å²) in [5.74, 6) is 0.529. The van der Waals surface area contributed by atoms with E-state index in [0.717, 1.165) is 18.5 Å². The number of likely N-dealkylation sites (tertiary alicyclic amines) is 1. The molecular formula is C19H24N4O3S.